The predicted molar refractivity (Wildman–Crippen MR) is 80.2 cm³/mol. The molecule has 5 heteroatoms. The molecule has 0 aromatic rings. The molecule has 0 spiro atoms. The Balaban J connectivity index is 2.01. The zero-order chi connectivity index (χ0) is 14.8. The molecule has 0 aliphatic heterocycles. The average molecular weight is 301 g/mol. The van der Waals surface area contributed by atoms with Crippen molar-refractivity contribution in [3.05, 3.63) is 0 Å². The van der Waals surface area contributed by atoms with Gasteiger partial charge in [0.25, 0.3) is 0 Å². The standard InChI is InChI=1S/C15H27NO3S/c1-16(15(17)11-12-7-3-4-8-12)13-9-5-6-10-14(13)20(2,18)19/h12-14H,3-11H2,1-2H3/t13-,14+/m0/s1. The molecule has 2 atom stereocenters. The summed E-state index contributed by atoms with van der Waals surface area (Å²) in [7, 11) is -1.28. The molecule has 0 unspecified atom stereocenters. The second kappa shape index (κ2) is 6.46. The lowest BCUT2D eigenvalue weighted by Gasteiger charge is -2.37. The van der Waals surface area contributed by atoms with E-state index in [0.717, 1.165) is 32.1 Å². The second-order valence-corrected chi connectivity index (χ2v) is 8.84. The molecular formula is C15H27NO3S. The fourth-order valence-electron chi connectivity index (χ4n) is 3.81. The third-order valence-electron chi connectivity index (χ3n) is 5.05. The van der Waals surface area contributed by atoms with Gasteiger partial charge in [0, 0.05) is 25.8 Å². The number of hydrogen-bond donors (Lipinski definition) is 0. The minimum atomic E-state index is -3.07. The number of rotatable bonds is 4. The number of carbonyl (C=O) groups is 1. The van der Waals surface area contributed by atoms with Crippen molar-refractivity contribution in [3.8, 4) is 0 Å². The summed E-state index contributed by atoms with van der Waals surface area (Å²) >= 11 is 0. The van der Waals surface area contributed by atoms with Gasteiger partial charge in [-0.05, 0) is 31.6 Å². The van der Waals surface area contributed by atoms with E-state index in [1.807, 2.05) is 0 Å². The smallest absolute Gasteiger partial charge is 0.222 e. The molecule has 0 saturated heterocycles. The molecule has 2 saturated carbocycles. The van der Waals surface area contributed by atoms with E-state index in [4.69, 9.17) is 0 Å². The lowest BCUT2D eigenvalue weighted by molar-refractivity contribution is -0.133. The Morgan fingerprint density at radius 1 is 1.05 bits per heavy atom. The number of amides is 1. The normalized spacial score (nSPS) is 28.5. The van der Waals surface area contributed by atoms with Gasteiger partial charge in [-0.15, -0.1) is 0 Å². The van der Waals surface area contributed by atoms with Crippen molar-refractivity contribution in [2.75, 3.05) is 13.3 Å². The summed E-state index contributed by atoms with van der Waals surface area (Å²) in [5.74, 6) is 0.655. The van der Waals surface area contributed by atoms with Crippen molar-refractivity contribution in [2.45, 2.75) is 69.1 Å². The highest BCUT2D eigenvalue weighted by atomic mass is 32.2. The van der Waals surface area contributed by atoms with Crippen LogP contribution >= 0.6 is 0 Å². The summed E-state index contributed by atoms with van der Waals surface area (Å²) in [4.78, 5) is 14.1. The first-order chi connectivity index (χ1) is 9.39. The molecule has 0 bridgehead atoms. The van der Waals surface area contributed by atoms with Gasteiger partial charge in [-0.1, -0.05) is 25.7 Å². The first-order valence-corrected chi connectivity index (χ1v) is 9.79. The highest BCUT2D eigenvalue weighted by molar-refractivity contribution is 7.91. The minimum Gasteiger partial charge on any atom is -0.341 e. The van der Waals surface area contributed by atoms with E-state index >= 15 is 0 Å². The van der Waals surface area contributed by atoms with Gasteiger partial charge in [-0.2, -0.15) is 0 Å². The Hall–Kier alpha value is -0.580. The maximum absolute atomic E-state index is 12.4. The molecule has 0 heterocycles. The molecule has 2 rings (SSSR count). The molecule has 1 amide bonds. The van der Waals surface area contributed by atoms with Crippen LogP contribution in [-0.2, 0) is 14.6 Å². The Bertz CT molecular complexity index is 440. The Morgan fingerprint density at radius 2 is 1.60 bits per heavy atom. The third-order valence-corrected chi connectivity index (χ3v) is 6.70. The molecule has 2 aliphatic carbocycles. The zero-order valence-electron chi connectivity index (χ0n) is 12.7. The first-order valence-electron chi connectivity index (χ1n) is 7.84. The van der Waals surface area contributed by atoms with E-state index in [-0.39, 0.29) is 17.2 Å². The van der Waals surface area contributed by atoms with Crippen LogP contribution in [0.1, 0.15) is 57.8 Å². The molecule has 4 nitrogen and oxygen atoms in total. The van der Waals surface area contributed by atoms with Crippen LogP contribution in [0.4, 0.5) is 0 Å². The van der Waals surface area contributed by atoms with Gasteiger partial charge < -0.3 is 4.90 Å². The minimum absolute atomic E-state index is 0.118. The monoisotopic (exact) mass is 301 g/mol. The van der Waals surface area contributed by atoms with E-state index in [2.05, 4.69) is 0 Å². The molecule has 20 heavy (non-hydrogen) atoms. The Kier molecular flexibility index (Phi) is 5.10. The summed E-state index contributed by atoms with van der Waals surface area (Å²) < 4.78 is 23.9. The van der Waals surface area contributed by atoms with E-state index < -0.39 is 9.84 Å². The quantitative estimate of drug-likeness (QED) is 0.801. The topological polar surface area (TPSA) is 54.5 Å². The average Bonchev–Trinajstić information content (AvgIpc) is 2.89. The molecule has 2 aliphatic rings. The predicted octanol–water partition coefficient (Wildman–Crippen LogP) is 2.38. The summed E-state index contributed by atoms with van der Waals surface area (Å²) in [5, 5.41) is -0.367. The van der Waals surface area contributed by atoms with Gasteiger partial charge in [-0.25, -0.2) is 8.42 Å². The van der Waals surface area contributed by atoms with Crippen LogP contribution in [0, 0.1) is 5.92 Å². The molecular weight excluding hydrogens is 274 g/mol. The Labute approximate surface area is 122 Å². The van der Waals surface area contributed by atoms with Crippen LogP contribution in [0.25, 0.3) is 0 Å². The zero-order valence-corrected chi connectivity index (χ0v) is 13.5. The van der Waals surface area contributed by atoms with Crippen LogP contribution < -0.4 is 0 Å². The van der Waals surface area contributed by atoms with Crippen molar-refractivity contribution >= 4 is 15.7 Å². The summed E-state index contributed by atoms with van der Waals surface area (Å²) in [6.45, 7) is 0. The van der Waals surface area contributed by atoms with Crippen molar-refractivity contribution < 1.29 is 13.2 Å². The van der Waals surface area contributed by atoms with Crippen LogP contribution in [0.5, 0.6) is 0 Å². The largest absolute Gasteiger partial charge is 0.341 e. The molecule has 116 valence electrons. The van der Waals surface area contributed by atoms with Gasteiger partial charge in [0.15, 0.2) is 9.84 Å². The number of carbonyl (C=O) groups excluding carboxylic acids is 1. The number of sulfone groups is 1. The summed E-state index contributed by atoms with van der Waals surface area (Å²) in [5.41, 5.74) is 0. The summed E-state index contributed by atoms with van der Waals surface area (Å²) in [6.07, 6.45) is 10.2. The van der Waals surface area contributed by atoms with Crippen LogP contribution in [0.2, 0.25) is 0 Å². The van der Waals surface area contributed by atoms with Crippen molar-refractivity contribution in [2.24, 2.45) is 5.92 Å². The molecule has 0 N–H and O–H groups in total. The van der Waals surface area contributed by atoms with Gasteiger partial charge in [0.1, 0.15) is 0 Å². The van der Waals surface area contributed by atoms with Crippen LogP contribution in [0.15, 0.2) is 0 Å². The summed E-state index contributed by atoms with van der Waals surface area (Å²) in [6, 6.07) is -0.118. The fourth-order valence-corrected chi connectivity index (χ4v) is 5.29. The van der Waals surface area contributed by atoms with E-state index in [1.165, 1.54) is 19.1 Å². The van der Waals surface area contributed by atoms with Crippen molar-refractivity contribution in [3.63, 3.8) is 0 Å². The number of nitrogens with zero attached hydrogens (tertiary/aromatic N) is 1. The third kappa shape index (κ3) is 3.74. The molecule has 0 aromatic heterocycles. The lowest BCUT2D eigenvalue weighted by atomic mass is 9.93. The van der Waals surface area contributed by atoms with Gasteiger partial charge >= 0.3 is 0 Å². The van der Waals surface area contributed by atoms with Gasteiger partial charge in [0.05, 0.1) is 5.25 Å². The van der Waals surface area contributed by atoms with Gasteiger partial charge in [-0.3, -0.25) is 4.79 Å². The molecule has 0 aromatic carbocycles. The highest BCUT2D eigenvalue weighted by Crippen LogP contribution is 2.31. The second-order valence-electron chi connectivity index (χ2n) is 6.58. The van der Waals surface area contributed by atoms with E-state index in [1.54, 1.807) is 11.9 Å². The SMILES string of the molecule is CN(C(=O)CC1CCCC1)[C@H]1CCCC[C@H]1S(C)(=O)=O. The lowest BCUT2D eigenvalue weighted by Crippen LogP contribution is -2.49. The molecule has 2 fully saturated rings. The maximum Gasteiger partial charge on any atom is 0.222 e. The van der Waals surface area contributed by atoms with Crippen molar-refractivity contribution in [1.82, 2.24) is 4.90 Å². The van der Waals surface area contributed by atoms with Crippen molar-refractivity contribution in [1.29, 1.82) is 0 Å². The Morgan fingerprint density at radius 3 is 2.20 bits per heavy atom. The first kappa shape index (κ1) is 15.8. The maximum atomic E-state index is 12.4. The fraction of sp³-hybridized carbons (Fsp3) is 0.933. The molecule has 0 radical (unpaired) electrons. The van der Waals surface area contributed by atoms with E-state index in [9.17, 15) is 13.2 Å². The number of hydrogen-bond acceptors (Lipinski definition) is 3. The van der Waals surface area contributed by atoms with Gasteiger partial charge in [0.2, 0.25) is 5.91 Å². The van der Waals surface area contributed by atoms with Crippen LogP contribution in [0.3, 0.4) is 0 Å². The van der Waals surface area contributed by atoms with Crippen LogP contribution in [-0.4, -0.2) is 43.8 Å². The highest BCUT2D eigenvalue weighted by Gasteiger charge is 2.37. The van der Waals surface area contributed by atoms with E-state index in [0.29, 0.717) is 18.8 Å².